The second-order valence-corrected chi connectivity index (χ2v) is 4.86. The van der Waals surface area contributed by atoms with Crippen molar-refractivity contribution in [3.05, 3.63) is 29.3 Å². The molecular weight excluding hydrogens is 228 g/mol. The van der Waals surface area contributed by atoms with E-state index in [4.69, 9.17) is 10.5 Å². The molecule has 2 rings (SSSR count). The van der Waals surface area contributed by atoms with Crippen molar-refractivity contribution in [2.24, 2.45) is 5.73 Å². The van der Waals surface area contributed by atoms with Gasteiger partial charge in [0.25, 0.3) is 5.91 Å². The van der Waals surface area contributed by atoms with Crippen molar-refractivity contribution in [1.82, 2.24) is 5.32 Å². The van der Waals surface area contributed by atoms with Gasteiger partial charge in [0.1, 0.15) is 5.75 Å². The summed E-state index contributed by atoms with van der Waals surface area (Å²) in [5.74, 6) is 0.661. The predicted molar refractivity (Wildman–Crippen MR) is 70.8 cm³/mol. The van der Waals surface area contributed by atoms with E-state index in [0.717, 1.165) is 30.6 Å². The summed E-state index contributed by atoms with van der Waals surface area (Å²) in [5, 5.41) is 3.00. The van der Waals surface area contributed by atoms with E-state index in [1.807, 2.05) is 19.1 Å². The number of rotatable bonds is 3. The summed E-state index contributed by atoms with van der Waals surface area (Å²) in [6.07, 6.45) is 3.04. The van der Waals surface area contributed by atoms with Crippen LogP contribution in [-0.4, -0.2) is 25.1 Å². The number of nitrogens with one attached hydrogen (secondary N) is 1. The monoisotopic (exact) mass is 248 g/mol. The van der Waals surface area contributed by atoms with Crippen LogP contribution in [0, 0.1) is 6.92 Å². The lowest BCUT2D eigenvalue weighted by Gasteiger charge is -2.17. The maximum Gasteiger partial charge on any atom is 0.251 e. The maximum atomic E-state index is 12.1. The Bertz CT molecular complexity index is 445. The molecule has 4 heteroatoms. The number of carbonyl (C=O) groups excluding carboxylic acids is 1. The number of hydrogen-bond acceptors (Lipinski definition) is 3. The molecule has 1 aliphatic rings. The van der Waals surface area contributed by atoms with Gasteiger partial charge in [0.15, 0.2) is 0 Å². The first-order valence-electron chi connectivity index (χ1n) is 6.33. The second kappa shape index (κ2) is 5.40. The van der Waals surface area contributed by atoms with Crippen molar-refractivity contribution in [1.29, 1.82) is 0 Å². The average Bonchev–Trinajstić information content (AvgIpc) is 2.75. The van der Waals surface area contributed by atoms with Gasteiger partial charge in [-0.05, 0) is 43.9 Å². The number of amides is 1. The fourth-order valence-corrected chi connectivity index (χ4v) is 2.38. The van der Waals surface area contributed by atoms with Crippen LogP contribution < -0.4 is 15.8 Å². The average molecular weight is 248 g/mol. The number of aryl methyl sites for hydroxylation is 1. The molecule has 2 unspecified atom stereocenters. The quantitative estimate of drug-likeness (QED) is 0.854. The Kier molecular flexibility index (Phi) is 3.87. The van der Waals surface area contributed by atoms with Crippen molar-refractivity contribution < 1.29 is 9.53 Å². The summed E-state index contributed by atoms with van der Waals surface area (Å²) in [5.41, 5.74) is 7.59. The summed E-state index contributed by atoms with van der Waals surface area (Å²) >= 11 is 0. The van der Waals surface area contributed by atoms with Crippen LogP contribution >= 0.6 is 0 Å². The van der Waals surface area contributed by atoms with Gasteiger partial charge >= 0.3 is 0 Å². The molecule has 0 bridgehead atoms. The van der Waals surface area contributed by atoms with Gasteiger partial charge in [-0.15, -0.1) is 0 Å². The van der Waals surface area contributed by atoms with Crippen LogP contribution in [0.1, 0.15) is 35.2 Å². The van der Waals surface area contributed by atoms with E-state index in [-0.39, 0.29) is 18.0 Å². The number of hydrogen-bond donors (Lipinski definition) is 2. The Balaban J connectivity index is 2.09. The summed E-state index contributed by atoms with van der Waals surface area (Å²) in [6, 6.07) is 5.66. The van der Waals surface area contributed by atoms with Crippen LogP contribution in [0.4, 0.5) is 0 Å². The normalized spacial score (nSPS) is 22.8. The first-order chi connectivity index (χ1) is 8.61. The molecule has 18 heavy (non-hydrogen) atoms. The molecule has 0 saturated heterocycles. The molecule has 1 saturated carbocycles. The standard InChI is InChI=1S/C14H20N2O2/c1-9-6-7-10(8-13(9)18-2)14(17)16-12-5-3-4-11(12)15/h6-8,11-12H,3-5,15H2,1-2H3,(H,16,17). The number of methoxy groups -OCH3 is 1. The van der Waals surface area contributed by atoms with E-state index in [9.17, 15) is 4.79 Å². The minimum Gasteiger partial charge on any atom is -0.496 e. The molecule has 1 fully saturated rings. The van der Waals surface area contributed by atoms with Crippen LogP contribution in [0.25, 0.3) is 0 Å². The third kappa shape index (κ3) is 2.64. The molecule has 4 nitrogen and oxygen atoms in total. The Labute approximate surface area is 108 Å². The predicted octanol–water partition coefficient (Wildman–Crippen LogP) is 1.61. The summed E-state index contributed by atoms with van der Waals surface area (Å²) in [7, 11) is 1.61. The number of benzene rings is 1. The van der Waals surface area contributed by atoms with Crippen LogP contribution in [0.15, 0.2) is 18.2 Å². The van der Waals surface area contributed by atoms with Crippen LogP contribution in [0.3, 0.4) is 0 Å². The third-order valence-electron chi connectivity index (χ3n) is 3.56. The van der Waals surface area contributed by atoms with Crippen molar-refractivity contribution in [3.8, 4) is 5.75 Å². The highest BCUT2D eigenvalue weighted by Crippen LogP contribution is 2.21. The zero-order chi connectivity index (χ0) is 13.1. The van der Waals surface area contributed by atoms with E-state index >= 15 is 0 Å². The van der Waals surface area contributed by atoms with Crippen molar-refractivity contribution in [3.63, 3.8) is 0 Å². The lowest BCUT2D eigenvalue weighted by atomic mass is 10.1. The summed E-state index contributed by atoms with van der Waals surface area (Å²) < 4.78 is 5.22. The molecule has 0 aromatic heterocycles. The number of carbonyl (C=O) groups is 1. The molecule has 1 aliphatic carbocycles. The zero-order valence-corrected chi connectivity index (χ0v) is 10.9. The Hall–Kier alpha value is -1.55. The van der Waals surface area contributed by atoms with Gasteiger partial charge in [0, 0.05) is 17.6 Å². The molecule has 1 aromatic rings. The van der Waals surface area contributed by atoms with Crippen LogP contribution in [0.2, 0.25) is 0 Å². The highest BCUT2D eigenvalue weighted by atomic mass is 16.5. The molecule has 3 N–H and O–H groups in total. The molecular formula is C14H20N2O2. The van der Waals surface area contributed by atoms with Gasteiger partial charge in [-0.3, -0.25) is 4.79 Å². The van der Waals surface area contributed by atoms with Crippen molar-refractivity contribution in [2.45, 2.75) is 38.3 Å². The Morgan fingerprint density at radius 1 is 1.44 bits per heavy atom. The molecule has 2 atom stereocenters. The fraction of sp³-hybridized carbons (Fsp3) is 0.500. The van der Waals surface area contributed by atoms with Gasteiger partial charge < -0.3 is 15.8 Å². The molecule has 98 valence electrons. The van der Waals surface area contributed by atoms with E-state index in [0.29, 0.717) is 5.56 Å². The highest BCUT2D eigenvalue weighted by Gasteiger charge is 2.25. The first kappa shape index (κ1) is 12.9. The smallest absolute Gasteiger partial charge is 0.251 e. The minimum atomic E-state index is -0.0735. The van der Waals surface area contributed by atoms with Crippen molar-refractivity contribution >= 4 is 5.91 Å². The van der Waals surface area contributed by atoms with Gasteiger partial charge in [-0.1, -0.05) is 6.07 Å². The Morgan fingerprint density at radius 3 is 2.83 bits per heavy atom. The van der Waals surface area contributed by atoms with Gasteiger partial charge in [0.2, 0.25) is 0 Å². The van der Waals surface area contributed by atoms with Crippen LogP contribution in [-0.2, 0) is 0 Å². The second-order valence-electron chi connectivity index (χ2n) is 4.86. The van der Waals surface area contributed by atoms with Gasteiger partial charge in [-0.2, -0.15) is 0 Å². The van der Waals surface area contributed by atoms with Gasteiger partial charge in [-0.25, -0.2) is 0 Å². The first-order valence-corrected chi connectivity index (χ1v) is 6.33. The summed E-state index contributed by atoms with van der Waals surface area (Å²) in [6.45, 7) is 1.95. The molecule has 1 aromatic carbocycles. The zero-order valence-electron chi connectivity index (χ0n) is 10.9. The fourth-order valence-electron chi connectivity index (χ4n) is 2.38. The molecule has 0 aliphatic heterocycles. The molecule has 0 spiro atoms. The van der Waals surface area contributed by atoms with Crippen LogP contribution in [0.5, 0.6) is 5.75 Å². The minimum absolute atomic E-state index is 0.0735. The van der Waals surface area contributed by atoms with Crippen molar-refractivity contribution in [2.75, 3.05) is 7.11 Å². The Morgan fingerprint density at radius 2 is 2.22 bits per heavy atom. The molecule has 1 amide bonds. The molecule has 0 heterocycles. The summed E-state index contributed by atoms with van der Waals surface area (Å²) in [4.78, 5) is 12.1. The largest absolute Gasteiger partial charge is 0.496 e. The number of nitrogens with two attached hydrogens (primary N) is 1. The topological polar surface area (TPSA) is 64.3 Å². The number of ether oxygens (including phenoxy) is 1. The van der Waals surface area contributed by atoms with E-state index < -0.39 is 0 Å². The maximum absolute atomic E-state index is 12.1. The van der Waals surface area contributed by atoms with E-state index in [2.05, 4.69) is 5.32 Å². The lowest BCUT2D eigenvalue weighted by molar-refractivity contribution is 0.0934. The molecule has 0 radical (unpaired) electrons. The SMILES string of the molecule is COc1cc(C(=O)NC2CCCC2N)ccc1C. The third-order valence-corrected chi connectivity index (χ3v) is 3.56. The highest BCUT2D eigenvalue weighted by molar-refractivity contribution is 5.95. The van der Waals surface area contributed by atoms with E-state index in [1.165, 1.54) is 0 Å². The van der Waals surface area contributed by atoms with Gasteiger partial charge in [0.05, 0.1) is 7.11 Å². The lowest BCUT2D eigenvalue weighted by Crippen LogP contribution is -2.43. The van der Waals surface area contributed by atoms with E-state index in [1.54, 1.807) is 13.2 Å².